The molecule has 16 heavy (non-hydrogen) atoms. The summed E-state index contributed by atoms with van der Waals surface area (Å²) in [6.45, 7) is 0. The van der Waals surface area contributed by atoms with Crippen LogP contribution in [0.25, 0.3) is 0 Å². The van der Waals surface area contributed by atoms with E-state index >= 15 is 0 Å². The second-order valence-electron chi connectivity index (χ2n) is 3.34. The Morgan fingerprint density at radius 3 is 2.88 bits per heavy atom. The van der Waals surface area contributed by atoms with Crippen LogP contribution in [-0.4, -0.2) is 23.3 Å². The predicted molar refractivity (Wildman–Crippen MR) is 57.9 cm³/mol. The molecule has 1 aromatic carbocycles. The van der Waals surface area contributed by atoms with Crippen LogP contribution < -0.4 is 5.32 Å². The first-order valence-electron chi connectivity index (χ1n) is 4.53. The van der Waals surface area contributed by atoms with Crippen LogP contribution in [0.5, 0.6) is 0 Å². The first kappa shape index (κ1) is 10.9. The molecule has 2 unspecified atom stereocenters. The summed E-state index contributed by atoms with van der Waals surface area (Å²) in [4.78, 5) is 21.9. The Hall–Kier alpha value is -1.56. The SMILES string of the molecule is O=C1NC(c2cccc(Br)c2)C(C(=O)O)O1. The third-order valence-corrected chi connectivity index (χ3v) is 2.75. The van der Waals surface area contributed by atoms with Crippen molar-refractivity contribution in [3.63, 3.8) is 0 Å². The summed E-state index contributed by atoms with van der Waals surface area (Å²) in [6.07, 6.45) is -1.89. The Labute approximate surface area is 99.5 Å². The van der Waals surface area contributed by atoms with Gasteiger partial charge >= 0.3 is 12.1 Å². The van der Waals surface area contributed by atoms with Gasteiger partial charge in [0.2, 0.25) is 6.10 Å². The molecule has 0 bridgehead atoms. The van der Waals surface area contributed by atoms with Gasteiger partial charge in [-0.3, -0.25) is 0 Å². The minimum absolute atomic E-state index is 0.650. The number of carboxylic acids is 1. The van der Waals surface area contributed by atoms with Crippen molar-refractivity contribution in [1.82, 2.24) is 5.32 Å². The van der Waals surface area contributed by atoms with E-state index in [9.17, 15) is 9.59 Å². The quantitative estimate of drug-likeness (QED) is 0.867. The molecule has 1 aliphatic heterocycles. The lowest BCUT2D eigenvalue weighted by Crippen LogP contribution is -2.28. The normalized spacial score (nSPS) is 23.7. The molecule has 5 nitrogen and oxygen atoms in total. The van der Waals surface area contributed by atoms with Gasteiger partial charge in [0, 0.05) is 4.47 Å². The topological polar surface area (TPSA) is 75.6 Å². The van der Waals surface area contributed by atoms with Crippen molar-refractivity contribution in [2.75, 3.05) is 0 Å². The maximum Gasteiger partial charge on any atom is 0.408 e. The highest BCUT2D eigenvalue weighted by Crippen LogP contribution is 2.26. The molecule has 1 fully saturated rings. The van der Waals surface area contributed by atoms with Crippen LogP contribution >= 0.6 is 15.9 Å². The van der Waals surface area contributed by atoms with Gasteiger partial charge in [0.1, 0.15) is 6.04 Å². The molecule has 1 aliphatic rings. The number of alkyl carbamates (subject to hydrolysis) is 1. The van der Waals surface area contributed by atoms with E-state index < -0.39 is 24.2 Å². The van der Waals surface area contributed by atoms with E-state index in [0.717, 1.165) is 4.47 Å². The number of carboxylic acid groups (broad SMARTS) is 1. The fraction of sp³-hybridized carbons (Fsp3) is 0.200. The molecule has 6 heteroatoms. The maximum absolute atomic E-state index is 11.0. The molecule has 2 rings (SSSR count). The van der Waals surface area contributed by atoms with Gasteiger partial charge in [-0.2, -0.15) is 0 Å². The van der Waals surface area contributed by atoms with Crippen LogP contribution in [0, 0.1) is 0 Å². The Balaban J connectivity index is 2.32. The minimum Gasteiger partial charge on any atom is -0.478 e. The summed E-state index contributed by atoms with van der Waals surface area (Å²) in [5, 5.41) is 11.4. The Bertz CT molecular complexity index is 448. The molecule has 0 radical (unpaired) electrons. The van der Waals surface area contributed by atoms with Crippen LogP contribution in [0.3, 0.4) is 0 Å². The van der Waals surface area contributed by atoms with Gasteiger partial charge < -0.3 is 15.2 Å². The highest BCUT2D eigenvalue weighted by molar-refractivity contribution is 9.10. The Kier molecular flexibility index (Phi) is 2.82. The first-order valence-corrected chi connectivity index (χ1v) is 5.32. The van der Waals surface area contributed by atoms with Crippen LogP contribution in [0.2, 0.25) is 0 Å². The third-order valence-electron chi connectivity index (χ3n) is 2.26. The molecule has 2 N–H and O–H groups in total. The van der Waals surface area contributed by atoms with Crippen molar-refractivity contribution < 1.29 is 19.4 Å². The monoisotopic (exact) mass is 285 g/mol. The molecule has 0 spiro atoms. The molecule has 2 atom stereocenters. The number of hydrogen-bond donors (Lipinski definition) is 2. The Morgan fingerprint density at radius 2 is 2.25 bits per heavy atom. The summed E-state index contributed by atoms with van der Waals surface area (Å²) in [5.74, 6) is -1.16. The van der Waals surface area contributed by atoms with Gasteiger partial charge in [0.25, 0.3) is 0 Å². The van der Waals surface area contributed by atoms with Crippen molar-refractivity contribution in [2.24, 2.45) is 0 Å². The fourth-order valence-corrected chi connectivity index (χ4v) is 1.99. The summed E-state index contributed by atoms with van der Waals surface area (Å²) < 4.78 is 5.48. The molecule has 1 amide bonds. The summed E-state index contributed by atoms with van der Waals surface area (Å²) in [6, 6.07) is 6.41. The number of ether oxygens (including phenoxy) is 1. The van der Waals surface area contributed by atoms with Crippen LogP contribution in [0.4, 0.5) is 4.79 Å². The van der Waals surface area contributed by atoms with Crippen LogP contribution in [0.15, 0.2) is 28.7 Å². The number of amides is 1. The number of rotatable bonds is 2. The number of aliphatic carboxylic acids is 1. The zero-order chi connectivity index (χ0) is 11.7. The van der Waals surface area contributed by atoms with Crippen LogP contribution in [-0.2, 0) is 9.53 Å². The first-order chi connectivity index (χ1) is 7.58. The number of carbonyl (C=O) groups is 2. The molecule has 0 saturated carbocycles. The molecule has 0 aliphatic carbocycles. The number of hydrogen-bond acceptors (Lipinski definition) is 3. The molecule has 1 saturated heterocycles. The van der Waals surface area contributed by atoms with Crippen molar-refractivity contribution >= 4 is 28.0 Å². The van der Waals surface area contributed by atoms with E-state index in [1.807, 2.05) is 6.07 Å². The van der Waals surface area contributed by atoms with Crippen LogP contribution in [0.1, 0.15) is 11.6 Å². The predicted octanol–water partition coefficient (Wildman–Crippen LogP) is 1.68. The molecule has 1 heterocycles. The second kappa shape index (κ2) is 4.13. The lowest BCUT2D eigenvalue weighted by Gasteiger charge is -2.13. The standard InChI is InChI=1S/C10H8BrNO4/c11-6-3-1-2-5(4-6)7-8(9(13)14)16-10(15)12-7/h1-4,7-8H,(H,12,15)(H,13,14). The number of cyclic esters (lactones) is 1. The molecule has 0 aromatic heterocycles. The Morgan fingerprint density at radius 1 is 1.50 bits per heavy atom. The lowest BCUT2D eigenvalue weighted by atomic mass is 10.0. The molecule has 1 aromatic rings. The number of carbonyl (C=O) groups excluding carboxylic acids is 1. The van der Waals surface area contributed by atoms with Crippen molar-refractivity contribution in [3.05, 3.63) is 34.3 Å². The molecular weight excluding hydrogens is 278 g/mol. The lowest BCUT2D eigenvalue weighted by molar-refractivity contribution is -0.146. The van der Waals surface area contributed by atoms with E-state index in [1.165, 1.54) is 0 Å². The summed E-state index contributed by atoms with van der Waals surface area (Å²) >= 11 is 3.28. The highest BCUT2D eigenvalue weighted by atomic mass is 79.9. The van der Waals surface area contributed by atoms with Crippen molar-refractivity contribution in [1.29, 1.82) is 0 Å². The zero-order valence-electron chi connectivity index (χ0n) is 8.01. The second-order valence-corrected chi connectivity index (χ2v) is 4.26. The van der Waals surface area contributed by atoms with E-state index in [4.69, 9.17) is 5.11 Å². The number of benzene rings is 1. The van der Waals surface area contributed by atoms with Gasteiger partial charge in [0.15, 0.2) is 0 Å². The van der Waals surface area contributed by atoms with Gasteiger partial charge in [-0.1, -0.05) is 28.1 Å². The number of nitrogens with one attached hydrogen (secondary N) is 1. The zero-order valence-corrected chi connectivity index (χ0v) is 9.60. The average molecular weight is 286 g/mol. The smallest absolute Gasteiger partial charge is 0.408 e. The van der Waals surface area contributed by atoms with Gasteiger partial charge in [-0.05, 0) is 17.7 Å². The fourth-order valence-electron chi connectivity index (χ4n) is 1.57. The van der Waals surface area contributed by atoms with E-state index in [0.29, 0.717) is 5.56 Å². The molecular formula is C10H8BrNO4. The minimum atomic E-state index is -1.18. The summed E-state index contributed by atoms with van der Waals surface area (Å²) in [5.41, 5.74) is 0.688. The summed E-state index contributed by atoms with van der Waals surface area (Å²) in [7, 11) is 0. The number of halogens is 1. The van der Waals surface area contributed by atoms with Gasteiger partial charge in [-0.15, -0.1) is 0 Å². The van der Waals surface area contributed by atoms with E-state index in [1.54, 1.807) is 18.2 Å². The highest BCUT2D eigenvalue weighted by Gasteiger charge is 2.40. The van der Waals surface area contributed by atoms with Gasteiger partial charge in [0.05, 0.1) is 0 Å². The third kappa shape index (κ3) is 2.01. The van der Waals surface area contributed by atoms with E-state index in [-0.39, 0.29) is 0 Å². The maximum atomic E-state index is 11.0. The van der Waals surface area contributed by atoms with Crippen molar-refractivity contribution in [3.8, 4) is 0 Å². The largest absolute Gasteiger partial charge is 0.478 e. The average Bonchev–Trinajstić information content (AvgIpc) is 2.60. The molecule has 84 valence electrons. The van der Waals surface area contributed by atoms with E-state index in [2.05, 4.69) is 26.0 Å². The van der Waals surface area contributed by atoms with Crippen molar-refractivity contribution in [2.45, 2.75) is 12.1 Å². The van der Waals surface area contributed by atoms with Gasteiger partial charge in [-0.25, -0.2) is 9.59 Å².